The normalized spacial score (nSPS) is 11.7. The molecule has 8 aromatic carbocycles. The van der Waals surface area contributed by atoms with Crippen molar-refractivity contribution in [1.29, 1.82) is 0 Å². The molecule has 230 valence electrons. The maximum Gasteiger partial charge on any atom is 0.137 e. The first kappa shape index (κ1) is 27.4. The molecule has 5 heteroatoms. The summed E-state index contributed by atoms with van der Waals surface area (Å²) in [6, 6.07) is 59.3. The van der Waals surface area contributed by atoms with E-state index in [0.717, 1.165) is 88.4 Å². The van der Waals surface area contributed by atoms with Gasteiger partial charge in [-0.1, -0.05) is 109 Å². The fourth-order valence-electron chi connectivity index (χ4n) is 7.13. The molecule has 49 heavy (non-hydrogen) atoms. The zero-order chi connectivity index (χ0) is 32.3. The van der Waals surface area contributed by atoms with Gasteiger partial charge in [-0.15, -0.1) is 10.2 Å². The molecule has 0 bridgehead atoms. The second-order valence-corrected chi connectivity index (χ2v) is 12.3. The molecule has 0 amide bonds. The Labute approximate surface area is 281 Å². The summed E-state index contributed by atoms with van der Waals surface area (Å²) >= 11 is 0. The van der Waals surface area contributed by atoms with E-state index in [9.17, 15) is 0 Å². The van der Waals surface area contributed by atoms with E-state index < -0.39 is 0 Å². The Morgan fingerprint density at radius 1 is 0.490 bits per heavy atom. The first-order valence-electron chi connectivity index (χ1n) is 16.4. The summed E-state index contributed by atoms with van der Waals surface area (Å²) in [5.41, 5.74) is 9.81. The second-order valence-electron chi connectivity index (χ2n) is 12.3. The lowest BCUT2D eigenvalue weighted by molar-refractivity contribution is 0.669. The van der Waals surface area contributed by atoms with Crippen molar-refractivity contribution in [3.63, 3.8) is 0 Å². The average Bonchev–Trinajstić information content (AvgIpc) is 3.77. The first-order chi connectivity index (χ1) is 24.3. The number of nitrogens with zero attached hydrogens (tertiary/aromatic N) is 4. The molecule has 10 rings (SSSR count). The van der Waals surface area contributed by atoms with Gasteiger partial charge in [0.05, 0.1) is 11.4 Å². The average molecular weight is 629 g/mol. The Bertz CT molecular complexity index is 2840. The highest BCUT2D eigenvalue weighted by Crippen LogP contribution is 2.44. The van der Waals surface area contributed by atoms with Gasteiger partial charge in [-0.2, -0.15) is 4.80 Å². The maximum atomic E-state index is 6.40. The smallest absolute Gasteiger partial charge is 0.137 e. The van der Waals surface area contributed by atoms with E-state index in [4.69, 9.17) is 14.6 Å². The van der Waals surface area contributed by atoms with Crippen LogP contribution >= 0.6 is 0 Å². The van der Waals surface area contributed by atoms with Gasteiger partial charge >= 0.3 is 0 Å². The number of para-hydroxylation sites is 3. The van der Waals surface area contributed by atoms with Crippen LogP contribution in [0, 0.1) is 0 Å². The molecule has 2 aromatic heterocycles. The maximum absolute atomic E-state index is 6.40. The number of rotatable bonds is 5. The third-order valence-electron chi connectivity index (χ3n) is 9.43. The molecule has 2 heterocycles. The molecule has 0 aliphatic rings. The summed E-state index contributed by atoms with van der Waals surface area (Å²) < 4.78 is 6.40. The van der Waals surface area contributed by atoms with E-state index in [2.05, 4.69) is 132 Å². The van der Waals surface area contributed by atoms with Crippen molar-refractivity contribution in [2.45, 2.75) is 0 Å². The van der Waals surface area contributed by atoms with E-state index in [1.165, 1.54) is 0 Å². The fraction of sp³-hybridized carbons (Fsp3) is 0. The molecule has 0 unspecified atom stereocenters. The molecule has 0 atom stereocenters. The Kier molecular flexibility index (Phi) is 6.11. The summed E-state index contributed by atoms with van der Waals surface area (Å²) in [6.45, 7) is 0. The number of hydrogen-bond acceptors (Lipinski definition) is 4. The van der Waals surface area contributed by atoms with Crippen molar-refractivity contribution in [2.75, 3.05) is 4.90 Å². The van der Waals surface area contributed by atoms with E-state index in [0.29, 0.717) is 0 Å². The predicted molar refractivity (Wildman–Crippen MR) is 201 cm³/mol. The molecule has 0 saturated heterocycles. The number of aromatic nitrogens is 3. The minimum absolute atomic E-state index is 0.853. The molecule has 5 nitrogen and oxygen atoms in total. The van der Waals surface area contributed by atoms with E-state index >= 15 is 0 Å². The van der Waals surface area contributed by atoms with Crippen molar-refractivity contribution in [3.05, 3.63) is 170 Å². The zero-order valence-corrected chi connectivity index (χ0v) is 26.4. The lowest BCUT2D eigenvalue weighted by Crippen LogP contribution is -2.11. The van der Waals surface area contributed by atoms with Crippen molar-refractivity contribution < 1.29 is 4.42 Å². The van der Waals surface area contributed by atoms with Crippen molar-refractivity contribution >= 4 is 71.6 Å². The highest BCUT2D eigenvalue weighted by molar-refractivity contribution is 6.19. The number of hydrogen-bond donors (Lipinski definition) is 0. The van der Waals surface area contributed by atoms with Gasteiger partial charge in [0.1, 0.15) is 22.2 Å². The minimum Gasteiger partial charge on any atom is -0.456 e. The number of benzene rings is 8. The number of anilines is 3. The Hall–Kier alpha value is -6.72. The quantitative estimate of drug-likeness (QED) is 0.178. The summed E-state index contributed by atoms with van der Waals surface area (Å²) in [5, 5.41) is 16.6. The molecule has 0 spiro atoms. The standard InChI is InChI=1S/C44H28N4O/c1-3-11-29(12-4-1)35-15-7-9-17-40(35)47(34-24-25-37-36-16-8-10-18-41(36)49-42(37)28-34)33-23-21-30-19-20-31-22-26-39-44(43(31)38(30)27-33)46-48(45-39)32-13-5-2-6-14-32/h1-28H. The van der Waals surface area contributed by atoms with Gasteiger partial charge in [0.2, 0.25) is 0 Å². The van der Waals surface area contributed by atoms with Crippen LogP contribution in [0.25, 0.3) is 71.3 Å². The lowest BCUT2D eigenvalue weighted by Gasteiger charge is -2.28. The second kappa shape index (κ2) is 10.9. The SMILES string of the molecule is c1ccc(-c2ccccc2N(c2ccc3c(c2)oc2ccccc23)c2ccc3ccc4ccc5nn(-c6ccccc6)nc5c4c3c2)cc1. The predicted octanol–water partition coefficient (Wildman–Crippen LogP) is 11.8. The van der Waals surface area contributed by atoms with Crippen LogP contribution in [0.2, 0.25) is 0 Å². The lowest BCUT2D eigenvalue weighted by atomic mass is 9.98. The minimum atomic E-state index is 0.853. The molecular formula is C44H28N4O. The van der Waals surface area contributed by atoms with Gasteiger partial charge in [-0.05, 0) is 76.3 Å². The summed E-state index contributed by atoms with van der Waals surface area (Å²) in [5.74, 6) is 0. The molecule has 10 aromatic rings. The van der Waals surface area contributed by atoms with Crippen LogP contribution in [0.3, 0.4) is 0 Å². The van der Waals surface area contributed by atoms with Crippen LogP contribution in [-0.4, -0.2) is 15.0 Å². The van der Waals surface area contributed by atoms with Crippen LogP contribution in [0.1, 0.15) is 0 Å². The van der Waals surface area contributed by atoms with E-state index in [-0.39, 0.29) is 0 Å². The van der Waals surface area contributed by atoms with Gasteiger partial charge in [-0.3, -0.25) is 0 Å². The van der Waals surface area contributed by atoms with Gasteiger partial charge in [0.25, 0.3) is 0 Å². The largest absolute Gasteiger partial charge is 0.456 e. The van der Waals surface area contributed by atoms with Gasteiger partial charge in [-0.25, -0.2) is 0 Å². The number of fused-ring (bicyclic) bond motifs is 8. The third-order valence-corrected chi connectivity index (χ3v) is 9.43. The zero-order valence-electron chi connectivity index (χ0n) is 26.4. The van der Waals surface area contributed by atoms with Crippen LogP contribution in [0.4, 0.5) is 17.1 Å². The molecular weight excluding hydrogens is 601 g/mol. The summed E-state index contributed by atoms with van der Waals surface area (Å²) in [4.78, 5) is 4.08. The van der Waals surface area contributed by atoms with Crippen LogP contribution in [0.15, 0.2) is 174 Å². The van der Waals surface area contributed by atoms with Crippen molar-refractivity contribution in [1.82, 2.24) is 15.0 Å². The highest BCUT2D eigenvalue weighted by atomic mass is 16.3. The molecule has 0 saturated carbocycles. The van der Waals surface area contributed by atoms with Crippen LogP contribution < -0.4 is 4.90 Å². The summed E-state index contributed by atoms with van der Waals surface area (Å²) in [7, 11) is 0. The van der Waals surface area contributed by atoms with Gasteiger partial charge in [0, 0.05) is 39.2 Å². The molecule has 0 radical (unpaired) electrons. The monoisotopic (exact) mass is 628 g/mol. The molecule has 0 aliphatic carbocycles. The molecule has 0 fully saturated rings. The fourth-order valence-corrected chi connectivity index (χ4v) is 7.13. The van der Waals surface area contributed by atoms with Gasteiger partial charge in [0.15, 0.2) is 0 Å². The van der Waals surface area contributed by atoms with Crippen LogP contribution in [-0.2, 0) is 0 Å². The summed E-state index contributed by atoms with van der Waals surface area (Å²) in [6.07, 6.45) is 0. The third kappa shape index (κ3) is 4.48. The first-order valence-corrected chi connectivity index (χ1v) is 16.4. The molecule has 0 aliphatic heterocycles. The molecule has 0 N–H and O–H groups in total. The number of furan rings is 1. The van der Waals surface area contributed by atoms with Gasteiger partial charge < -0.3 is 9.32 Å². The Morgan fingerprint density at radius 3 is 2.06 bits per heavy atom. The van der Waals surface area contributed by atoms with Crippen LogP contribution in [0.5, 0.6) is 0 Å². The van der Waals surface area contributed by atoms with Crippen molar-refractivity contribution in [3.8, 4) is 16.8 Å². The topological polar surface area (TPSA) is 47.1 Å². The van der Waals surface area contributed by atoms with E-state index in [1.807, 2.05) is 42.5 Å². The highest BCUT2D eigenvalue weighted by Gasteiger charge is 2.20. The van der Waals surface area contributed by atoms with Crippen molar-refractivity contribution in [2.24, 2.45) is 0 Å². The Morgan fingerprint density at radius 2 is 1.16 bits per heavy atom. The van der Waals surface area contributed by atoms with E-state index in [1.54, 1.807) is 4.80 Å². The Balaban J connectivity index is 1.24.